The number of amides is 2. The van der Waals surface area contributed by atoms with E-state index in [1.807, 2.05) is 42.2 Å². The van der Waals surface area contributed by atoms with Crippen molar-refractivity contribution in [1.82, 2.24) is 15.1 Å². The van der Waals surface area contributed by atoms with Crippen LogP contribution in [0.1, 0.15) is 42.9 Å². The van der Waals surface area contributed by atoms with Gasteiger partial charge < -0.3 is 10.2 Å². The van der Waals surface area contributed by atoms with Crippen LogP contribution in [0.5, 0.6) is 0 Å². The van der Waals surface area contributed by atoms with Gasteiger partial charge in [-0.25, -0.2) is 0 Å². The Balaban J connectivity index is 1.19. The molecule has 0 atom stereocenters. The first-order valence-electron chi connectivity index (χ1n) is 13.6. The number of hydrogen-bond donors (Lipinski definition) is 1. The lowest BCUT2D eigenvalue weighted by molar-refractivity contribution is -0.132. The molecule has 192 valence electrons. The minimum atomic E-state index is -0.633. The van der Waals surface area contributed by atoms with Gasteiger partial charge in [-0.15, -0.1) is 0 Å². The van der Waals surface area contributed by atoms with Gasteiger partial charge in [0, 0.05) is 32.7 Å². The molecule has 0 saturated carbocycles. The van der Waals surface area contributed by atoms with Gasteiger partial charge in [0.15, 0.2) is 0 Å². The van der Waals surface area contributed by atoms with Crippen LogP contribution in [0.25, 0.3) is 11.1 Å². The molecule has 5 rings (SSSR count). The fraction of sp³-hybridized carbons (Fsp3) is 0.375. The van der Waals surface area contributed by atoms with Crippen LogP contribution in [0, 0.1) is 0 Å². The summed E-state index contributed by atoms with van der Waals surface area (Å²) in [4.78, 5) is 30.8. The number of benzene rings is 3. The van der Waals surface area contributed by atoms with E-state index >= 15 is 0 Å². The Morgan fingerprint density at radius 2 is 1.38 bits per heavy atom. The van der Waals surface area contributed by atoms with Gasteiger partial charge in [-0.3, -0.25) is 14.5 Å². The van der Waals surface area contributed by atoms with Crippen LogP contribution in [0.15, 0.2) is 78.9 Å². The maximum absolute atomic E-state index is 13.7. The van der Waals surface area contributed by atoms with Crippen LogP contribution in [0.4, 0.5) is 0 Å². The Bertz CT molecular complexity index is 1190. The summed E-state index contributed by atoms with van der Waals surface area (Å²) in [5, 5.41) is 3.15. The average Bonchev–Trinajstić information content (AvgIpc) is 3.23. The van der Waals surface area contributed by atoms with Gasteiger partial charge in [-0.05, 0) is 54.1 Å². The van der Waals surface area contributed by atoms with E-state index in [4.69, 9.17) is 0 Å². The summed E-state index contributed by atoms with van der Waals surface area (Å²) < 4.78 is 0. The Hall–Kier alpha value is -3.44. The Labute approximate surface area is 220 Å². The van der Waals surface area contributed by atoms with Crippen molar-refractivity contribution in [3.63, 3.8) is 0 Å². The molecule has 3 aromatic carbocycles. The highest BCUT2D eigenvalue weighted by molar-refractivity contribution is 6.00. The normalized spacial score (nSPS) is 16.2. The molecule has 1 heterocycles. The van der Waals surface area contributed by atoms with Crippen molar-refractivity contribution in [2.24, 2.45) is 0 Å². The van der Waals surface area contributed by atoms with E-state index in [9.17, 15) is 9.59 Å². The molecule has 3 aromatic rings. The first-order valence-corrected chi connectivity index (χ1v) is 13.6. The average molecular weight is 496 g/mol. The molecular weight excluding hydrogens is 458 g/mol. The first kappa shape index (κ1) is 25.2. The van der Waals surface area contributed by atoms with Crippen molar-refractivity contribution in [3.05, 3.63) is 95.6 Å². The minimum absolute atomic E-state index is 0.109. The zero-order valence-electron chi connectivity index (χ0n) is 21.8. The molecule has 2 aliphatic rings. The van der Waals surface area contributed by atoms with E-state index in [0.29, 0.717) is 13.0 Å². The molecule has 1 aliphatic heterocycles. The van der Waals surface area contributed by atoms with Gasteiger partial charge in [0.25, 0.3) is 0 Å². The van der Waals surface area contributed by atoms with Crippen molar-refractivity contribution in [2.75, 3.05) is 39.3 Å². The van der Waals surface area contributed by atoms with E-state index < -0.39 is 5.41 Å². The van der Waals surface area contributed by atoms with Gasteiger partial charge in [-0.1, -0.05) is 85.3 Å². The monoisotopic (exact) mass is 495 g/mol. The molecule has 37 heavy (non-hydrogen) atoms. The third kappa shape index (κ3) is 5.05. The van der Waals surface area contributed by atoms with Gasteiger partial charge in [0.1, 0.15) is 5.41 Å². The Morgan fingerprint density at radius 1 is 0.784 bits per heavy atom. The molecule has 1 fully saturated rings. The molecule has 5 nitrogen and oxygen atoms in total. The highest BCUT2D eigenvalue weighted by Crippen LogP contribution is 2.51. The Kier molecular flexibility index (Phi) is 7.71. The topological polar surface area (TPSA) is 52.7 Å². The lowest BCUT2D eigenvalue weighted by Crippen LogP contribution is -2.49. The number of nitrogens with zero attached hydrogens (tertiary/aromatic N) is 2. The number of fused-ring (bicyclic) bond motifs is 3. The molecule has 0 unspecified atom stereocenters. The molecule has 1 aliphatic carbocycles. The van der Waals surface area contributed by atoms with Gasteiger partial charge in [0.2, 0.25) is 11.8 Å². The summed E-state index contributed by atoms with van der Waals surface area (Å²) in [6, 6.07) is 26.8. The molecule has 0 bridgehead atoms. The second-order valence-electron chi connectivity index (χ2n) is 10.2. The number of unbranched alkanes of at least 4 members (excludes halogenated alkanes) is 1. The summed E-state index contributed by atoms with van der Waals surface area (Å²) in [5.74, 6) is 0.325. The minimum Gasteiger partial charge on any atom is -0.355 e. The van der Waals surface area contributed by atoms with E-state index in [-0.39, 0.29) is 11.8 Å². The fourth-order valence-corrected chi connectivity index (χ4v) is 6.09. The summed E-state index contributed by atoms with van der Waals surface area (Å²) in [7, 11) is 0. The molecule has 0 aromatic heterocycles. The van der Waals surface area contributed by atoms with Gasteiger partial charge >= 0.3 is 0 Å². The number of rotatable bonds is 9. The van der Waals surface area contributed by atoms with Crippen LogP contribution in [0.3, 0.4) is 0 Å². The van der Waals surface area contributed by atoms with Crippen LogP contribution in [-0.4, -0.2) is 60.9 Å². The fourth-order valence-electron chi connectivity index (χ4n) is 6.09. The summed E-state index contributed by atoms with van der Waals surface area (Å²) in [6.07, 6.45) is 3.27. The zero-order valence-corrected chi connectivity index (χ0v) is 21.8. The van der Waals surface area contributed by atoms with Crippen molar-refractivity contribution < 1.29 is 9.59 Å². The molecular formula is C32H37N3O2. The predicted octanol–water partition coefficient (Wildman–Crippen LogP) is 4.65. The second kappa shape index (κ2) is 11.3. The molecule has 1 saturated heterocycles. The number of piperazine rings is 1. The number of carbonyl (C=O) groups excluding carboxylic acids is 2. The molecule has 2 amide bonds. The summed E-state index contributed by atoms with van der Waals surface area (Å²) >= 11 is 0. The standard InChI is InChI=1S/C32H37N3O2/c1-2-33-31(37)32(28-16-8-6-14-26(28)27-15-7-9-17-29(27)32)18-10-11-19-34-20-22-35(23-21-34)30(36)24-25-12-4-3-5-13-25/h3-9,12-17H,2,10-11,18-24H2,1H3,(H,33,37). The quantitative estimate of drug-likeness (QED) is 0.440. The van der Waals surface area contributed by atoms with Crippen molar-refractivity contribution in [2.45, 2.75) is 38.0 Å². The molecule has 5 heteroatoms. The molecule has 0 spiro atoms. The first-order chi connectivity index (χ1) is 18.1. The summed E-state index contributed by atoms with van der Waals surface area (Å²) in [5.41, 5.74) is 5.07. The predicted molar refractivity (Wildman–Crippen MR) is 148 cm³/mol. The SMILES string of the molecule is CCNC(=O)C1(CCCCN2CCN(C(=O)Cc3ccccc3)CC2)c2ccccc2-c2ccccc21. The smallest absolute Gasteiger partial charge is 0.235 e. The van der Waals surface area contributed by atoms with Crippen LogP contribution >= 0.6 is 0 Å². The van der Waals surface area contributed by atoms with E-state index in [2.05, 4.69) is 58.7 Å². The molecule has 0 radical (unpaired) electrons. The van der Waals surface area contributed by atoms with E-state index in [1.54, 1.807) is 0 Å². The lowest BCUT2D eigenvalue weighted by atomic mass is 9.73. The number of likely N-dealkylation sites (N-methyl/N-ethyl adjacent to an activating group) is 1. The number of nitrogens with one attached hydrogen (secondary N) is 1. The maximum atomic E-state index is 13.7. The van der Waals surface area contributed by atoms with Crippen molar-refractivity contribution in [1.29, 1.82) is 0 Å². The van der Waals surface area contributed by atoms with Crippen LogP contribution in [0.2, 0.25) is 0 Å². The highest BCUT2D eigenvalue weighted by Gasteiger charge is 2.48. The van der Waals surface area contributed by atoms with E-state index in [1.165, 1.54) is 11.1 Å². The third-order valence-corrected chi connectivity index (χ3v) is 7.99. The zero-order chi connectivity index (χ0) is 25.7. The van der Waals surface area contributed by atoms with Crippen molar-refractivity contribution >= 4 is 11.8 Å². The van der Waals surface area contributed by atoms with E-state index in [0.717, 1.165) is 68.7 Å². The molecule has 1 N–H and O–H groups in total. The highest BCUT2D eigenvalue weighted by atomic mass is 16.2. The number of hydrogen-bond acceptors (Lipinski definition) is 3. The van der Waals surface area contributed by atoms with Crippen LogP contribution in [-0.2, 0) is 21.4 Å². The van der Waals surface area contributed by atoms with Crippen LogP contribution < -0.4 is 5.32 Å². The number of carbonyl (C=O) groups is 2. The van der Waals surface area contributed by atoms with Gasteiger partial charge in [0.05, 0.1) is 6.42 Å². The summed E-state index contributed by atoms with van der Waals surface area (Å²) in [6.45, 7) is 7.00. The lowest BCUT2D eigenvalue weighted by Gasteiger charge is -2.35. The van der Waals surface area contributed by atoms with Crippen molar-refractivity contribution in [3.8, 4) is 11.1 Å². The Morgan fingerprint density at radius 3 is 2.00 bits per heavy atom. The van der Waals surface area contributed by atoms with Gasteiger partial charge in [-0.2, -0.15) is 0 Å². The second-order valence-corrected chi connectivity index (χ2v) is 10.2. The maximum Gasteiger partial charge on any atom is 0.235 e. The largest absolute Gasteiger partial charge is 0.355 e. The third-order valence-electron chi connectivity index (χ3n) is 7.99.